The van der Waals surface area contributed by atoms with Crippen LogP contribution in [0.2, 0.25) is 0 Å². The summed E-state index contributed by atoms with van der Waals surface area (Å²) in [5.41, 5.74) is 3.43. The van der Waals surface area contributed by atoms with Gasteiger partial charge in [-0.05, 0) is 55.9 Å². The monoisotopic (exact) mass is 413 g/mol. The molecular weight excluding hydrogens is 381 g/mol. The summed E-state index contributed by atoms with van der Waals surface area (Å²) in [5.74, 6) is 0.481. The molecule has 0 fully saturated rings. The number of rotatable bonds is 8. The van der Waals surface area contributed by atoms with Crippen LogP contribution in [0.25, 0.3) is 0 Å². The zero-order valence-corrected chi connectivity index (χ0v) is 18.5. The van der Waals surface area contributed by atoms with Gasteiger partial charge in [-0.3, -0.25) is 9.79 Å². The number of benzene rings is 2. The zero-order valence-electron chi connectivity index (χ0n) is 18.5. The van der Waals surface area contributed by atoms with Crippen LogP contribution in [0.3, 0.4) is 0 Å². The van der Waals surface area contributed by atoms with Crippen molar-refractivity contribution in [2.75, 3.05) is 41.8 Å². The molecule has 0 unspecified atom stereocenters. The second-order valence-corrected chi connectivity index (χ2v) is 7.67. The zero-order chi connectivity index (χ0) is 22.1. The third-order valence-electron chi connectivity index (χ3n) is 4.57. The maximum absolute atomic E-state index is 13.9. The van der Waals surface area contributed by atoms with Crippen LogP contribution in [0.1, 0.15) is 27.0 Å². The third-order valence-corrected chi connectivity index (χ3v) is 4.57. The number of halogens is 1. The number of aliphatic imine (C=N–C) groups is 1. The molecule has 2 N–H and O–H groups in total. The third kappa shape index (κ3) is 7.15. The molecule has 1 amide bonds. The van der Waals surface area contributed by atoms with Crippen molar-refractivity contribution in [3.8, 4) is 0 Å². The summed E-state index contributed by atoms with van der Waals surface area (Å²) in [6.07, 6.45) is 0.763. The van der Waals surface area contributed by atoms with Gasteiger partial charge in [0.2, 0.25) is 0 Å². The lowest BCUT2D eigenvalue weighted by atomic mass is 10.1. The molecule has 30 heavy (non-hydrogen) atoms. The van der Waals surface area contributed by atoms with Gasteiger partial charge >= 0.3 is 0 Å². The van der Waals surface area contributed by atoms with E-state index < -0.39 is 0 Å². The molecule has 0 heterocycles. The average molecular weight is 414 g/mol. The molecule has 0 saturated carbocycles. The van der Waals surface area contributed by atoms with Crippen molar-refractivity contribution in [2.45, 2.75) is 19.5 Å². The van der Waals surface area contributed by atoms with Crippen LogP contribution in [0.4, 0.5) is 4.39 Å². The van der Waals surface area contributed by atoms with Gasteiger partial charge in [0, 0.05) is 51.9 Å². The van der Waals surface area contributed by atoms with Gasteiger partial charge in [0.1, 0.15) is 5.82 Å². The number of guanidine groups is 1. The molecule has 0 aliphatic carbocycles. The number of hydrogen-bond acceptors (Lipinski definition) is 3. The summed E-state index contributed by atoms with van der Waals surface area (Å²) in [4.78, 5) is 19.9. The van der Waals surface area contributed by atoms with Gasteiger partial charge in [0.15, 0.2) is 5.96 Å². The van der Waals surface area contributed by atoms with E-state index in [2.05, 4.69) is 15.6 Å². The topological polar surface area (TPSA) is 60.0 Å². The average Bonchev–Trinajstić information content (AvgIpc) is 2.71. The Labute approximate surface area is 178 Å². The van der Waals surface area contributed by atoms with Crippen LogP contribution in [0, 0.1) is 5.82 Å². The fourth-order valence-corrected chi connectivity index (χ4v) is 3.05. The van der Waals surface area contributed by atoms with E-state index in [0.29, 0.717) is 36.7 Å². The van der Waals surface area contributed by atoms with Crippen LogP contribution < -0.4 is 10.6 Å². The van der Waals surface area contributed by atoms with Crippen molar-refractivity contribution < 1.29 is 9.18 Å². The van der Waals surface area contributed by atoms with Gasteiger partial charge in [-0.25, -0.2) is 4.39 Å². The van der Waals surface area contributed by atoms with E-state index in [1.807, 2.05) is 49.3 Å². The molecule has 2 aromatic rings. The van der Waals surface area contributed by atoms with Gasteiger partial charge in [-0.1, -0.05) is 18.2 Å². The van der Waals surface area contributed by atoms with Gasteiger partial charge < -0.3 is 20.4 Å². The molecular formula is C23H32FN5O. The van der Waals surface area contributed by atoms with Crippen molar-refractivity contribution in [3.05, 3.63) is 70.5 Å². The van der Waals surface area contributed by atoms with E-state index in [1.54, 1.807) is 32.1 Å². The van der Waals surface area contributed by atoms with Gasteiger partial charge in [-0.15, -0.1) is 0 Å². The standard InChI is InChI=1S/C23H32FN5O/c1-25-23(27-15-18-9-10-21(24)20(14-18)16-28(2)3)26-12-11-17-7-6-8-19(13-17)22(30)29(4)5/h6-10,13-14H,11-12,15-16H2,1-5H3,(H2,25,26,27). The minimum Gasteiger partial charge on any atom is -0.356 e. The SMILES string of the molecule is CN=C(NCCc1cccc(C(=O)N(C)C)c1)NCc1ccc(F)c(CN(C)C)c1. The Hall–Kier alpha value is -2.93. The van der Waals surface area contributed by atoms with E-state index in [0.717, 1.165) is 17.5 Å². The lowest BCUT2D eigenvalue weighted by molar-refractivity contribution is 0.0827. The molecule has 0 aromatic heterocycles. The van der Waals surface area contributed by atoms with Crippen molar-refractivity contribution >= 4 is 11.9 Å². The van der Waals surface area contributed by atoms with E-state index in [9.17, 15) is 9.18 Å². The Morgan fingerprint density at radius 3 is 2.47 bits per heavy atom. The Kier molecular flexibility index (Phi) is 8.80. The highest BCUT2D eigenvalue weighted by Crippen LogP contribution is 2.12. The number of nitrogens with one attached hydrogen (secondary N) is 2. The molecule has 162 valence electrons. The highest BCUT2D eigenvalue weighted by atomic mass is 19.1. The fourth-order valence-electron chi connectivity index (χ4n) is 3.05. The summed E-state index contributed by atoms with van der Waals surface area (Å²) in [5, 5.41) is 6.54. The normalized spacial score (nSPS) is 11.5. The molecule has 7 heteroatoms. The van der Waals surface area contributed by atoms with Crippen LogP contribution in [-0.4, -0.2) is 63.4 Å². The molecule has 0 bridgehead atoms. The second-order valence-electron chi connectivity index (χ2n) is 7.67. The highest BCUT2D eigenvalue weighted by Gasteiger charge is 2.09. The van der Waals surface area contributed by atoms with Crippen LogP contribution in [0.15, 0.2) is 47.5 Å². The Balaban J connectivity index is 1.87. The first-order valence-corrected chi connectivity index (χ1v) is 9.97. The Bertz CT molecular complexity index is 880. The molecule has 2 rings (SSSR count). The Morgan fingerprint density at radius 1 is 1.03 bits per heavy atom. The van der Waals surface area contributed by atoms with Crippen molar-refractivity contribution in [1.82, 2.24) is 20.4 Å². The number of nitrogens with zero attached hydrogens (tertiary/aromatic N) is 3. The molecule has 6 nitrogen and oxygen atoms in total. The number of hydrogen-bond donors (Lipinski definition) is 2. The quantitative estimate of drug-likeness (QED) is 0.516. The largest absolute Gasteiger partial charge is 0.356 e. The smallest absolute Gasteiger partial charge is 0.253 e. The second kappa shape index (κ2) is 11.3. The summed E-state index contributed by atoms with van der Waals surface area (Å²) in [7, 11) is 9.05. The molecule has 0 aliphatic heterocycles. The predicted molar refractivity (Wildman–Crippen MR) is 120 cm³/mol. The summed E-state index contributed by atoms with van der Waals surface area (Å²) >= 11 is 0. The molecule has 0 radical (unpaired) electrons. The molecule has 0 atom stereocenters. The lowest BCUT2D eigenvalue weighted by Gasteiger charge is -2.15. The highest BCUT2D eigenvalue weighted by molar-refractivity contribution is 5.94. The maximum atomic E-state index is 13.9. The molecule has 0 spiro atoms. The van der Waals surface area contributed by atoms with Gasteiger partial charge in [0.05, 0.1) is 0 Å². The number of carbonyl (C=O) groups excluding carboxylic acids is 1. The number of carbonyl (C=O) groups is 1. The fraction of sp³-hybridized carbons (Fsp3) is 0.391. The Morgan fingerprint density at radius 2 is 1.80 bits per heavy atom. The van der Waals surface area contributed by atoms with Crippen molar-refractivity contribution in [2.24, 2.45) is 4.99 Å². The first-order valence-electron chi connectivity index (χ1n) is 9.97. The van der Waals surface area contributed by atoms with E-state index in [4.69, 9.17) is 0 Å². The predicted octanol–water partition coefficient (Wildman–Crippen LogP) is 2.50. The first-order chi connectivity index (χ1) is 14.3. The summed E-state index contributed by atoms with van der Waals surface area (Å²) in [6, 6.07) is 12.8. The lowest BCUT2D eigenvalue weighted by Crippen LogP contribution is -2.37. The summed E-state index contributed by atoms with van der Waals surface area (Å²) < 4.78 is 13.9. The molecule has 0 saturated heterocycles. The minimum atomic E-state index is -0.190. The van der Waals surface area contributed by atoms with E-state index >= 15 is 0 Å². The van der Waals surface area contributed by atoms with Gasteiger partial charge in [-0.2, -0.15) is 0 Å². The van der Waals surface area contributed by atoms with Crippen LogP contribution >= 0.6 is 0 Å². The van der Waals surface area contributed by atoms with Gasteiger partial charge in [0.25, 0.3) is 5.91 Å². The van der Waals surface area contributed by atoms with Crippen molar-refractivity contribution in [3.63, 3.8) is 0 Å². The minimum absolute atomic E-state index is 0.00443. The number of amides is 1. The van der Waals surface area contributed by atoms with Crippen LogP contribution in [0.5, 0.6) is 0 Å². The molecule has 0 aliphatic rings. The summed E-state index contributed by atoms with van der Waals surface area (Å²) in [6.45, 7) is 1.78. The van der Waals surface area contributed by atoms with E-state index in [1.165, 1.54) is 6.07 Å². The van der Waals surface area contributed by atoms with Crippen molar-refractivity contribution in [1.29, 1.82) is 0 Å². The van der Waals surface area contributed by atoms with E-state index in [-0.39, 0.29) is 11.7 Å². The van der Waals surface area contributed by atoms with Crippen LogP contribution in [-0.2, 0) is 19.5 Å². The first kappa shape index (κ1) is 23.3. The molecule has 2 aromatic carbocycles. The maximum Gasteiger partial charge on any atom is 0.253 e.